The maximum absolute atomic E-state index is 5.07. The van der Waals surface area contributed by atoms with Gasteiger partial charge in [0.1, 0.15) is 0 Å². The van der Waals surface area contributed by atoms with E-state index in [0.29, 0.717) is 17.5 Å². The summed E-state index contributed by atoms with van der Waals surface area (Å²) in [6, 6.07) is 65.3. The van der Waals surface area contributed by atoms with Crippen LogP contribution in [0, 0.1) is 0 Å². The quantitative estimate of drug-likeness (QED) is 0.169. The van der Waals surface area contributed by atoms with Crippen molar-refractivity contribution in [1.29, 1.82) is 0 Å². The van der Waals surface area contributed by atoms with Crippen molar-refractivity contribution in [2.75, 3.05) is 0 Å². The molecule has 11 aromatic rings. The van der Waals surface area contributed by atoms with E-state index in [0.717, 1.165) is 27.9 Å². The minimum atomic E-state index is -0.213. The molecule has 0 bridgehead atoms. The van der Waals surface area contributed by atoms with Crippen LogP contribution in [0.4, 0.5) is 0 Å². The van der Waals surface area contributed by atoms with Crippen LogP contribution in [-0.2, 0) is 5.41 Å². The molecule has 0 saturated heterocycles. The number of para-hydroxylation sites is 1. The Labute approximate surface area is 335 Å². The molecule has 4 nitrogen and oxygen atoms in total. The van der Waals surface area contributed by atoms with E-state index in [2.05, 4.69) is 140 Å². The van der Waals surface area contributed by atoms with Crippen molar-refractivity contribution in [3.8, 4) is 51.0 Å². The lowest BCUT2D eigenvalue weighted by Gasteiger charge is -2.22. The number of rotatable bonds is 4. The Morgan fingerprint density at radius 1 is 0.379 bits per heavy atom. The van der Waals surface area contributed by atoms with E-state index in [4.69, 9.17) is 15.0 Å². The fraction of sp³-hybridized carbons (Fsp3) is 0.0556. The lowest BCUT2D eigenvalue weighted by molar-refractivity contribution is 0.661. The summed E-state index contributed by atoms with van der Waals surface area (Å²) >= 11 is 0. The van der Waals surface area contributed by atoms with Gasteiger partial charge in [-0.3, -0.25) is 0 Å². The fourth-order valence-electron chi connectivity index (χ4n) is 9.68. The third-order valence-corrected chi connectivity index (χ3v) is 12.4. The maximum atomic E-state index is 5.07. The summed E-state index contributed by atoms with van der Waals surface area (Å²) < 4.78 is 2.42. The monoisotopic (exact) mass is 740 g/mol. The van der Waals surface area contributed by atoms with Crippen molar-refractivity contribution in [3.63, 3.8) is 0 Å². The first-order valence-electron chi connectivity index (χ1n) is 20.0. The van der Waals surface area contributed by atoms with E-state index in [-0.39, 0.29) is 5.41 Å². The predicted octanol–water partition coefficient (Wildman–Crippen LogP) is 13.7. The molecule has 1 aliphatic rings. The molecule has 0 fully saturated rings. The number of hydrogen-bond acceptors (Lipinski definition) is 3. The van der Waals surface area contributed by atoms with Gasteiger partial charge in [0.15, 0.2) is 17.5 Å². The molecule has 12 rings (SSSR count). The van der Waals surface area contributed by atoms with Crippen LogP contribution in [0.3, 0.4) is 0 Å². The van der Waals surface area contributed by atoms with E-state index in [9.17, 15) is 0 Å². The molecule has 272 valence electrons. The molecule has 0 atom stereocenters. The smallest absolute Gasteiger partial charge is 0.164 e. The minimum Gasteiger partial charge on any atom is -0.309 e. The molecule has 2 aromatic heterocycles. The molecule has 9 aromatic carbocycles. The summed E-state index contributed by atoms with van der Waals surface area (Å²) in [6.45, 7) is 4.78. The molecule has 0 aliphatic heterocycles. The van der Waals surface area contributed by atoms with Gasteiger partial charge in [0, 0.05) is 38.6 Å². The van der Waals surface area contributed by atoms with Crippen molar-refractivity contribution in [1.82, 2.24) is 19.5 Å². The van der Waals surface area contributed by atoms with E-state index >= 15 is 0 Å². The Bertz CT molecular complexity index is 3380. The summed E-state index contributed by atoms with van der Waals surface area (Å²) in [5.74, 6) is 1.94. The van der Waals surface area contributed by atoms with Crippen LogP contribution in [0.15, 0.2) is 182 Å². The lowest BCUT2D eigenvalue weighted by atomic mass is 9.81. The normalized spacial score (nSPS) is 13.1. The summed E-state index contributed by atoms with van der Waals surface area (Å²) in [4.78, 5) is 15.1. The predicted molar refractivity (Wildman–Crippen MR) is 241 cm³/mol. The van der Waals surface area contributed by atoms with Gasteiger partial charge in [-0.05, 0) is 84.9 Å². The molecule has 0 unspecified atom stereocenters. The van der Waals surface area contributed by atoms with Crippen LogP contribution in [-0.4, -0.2) is 19.5 Å². The Hall–Kier alpha value is -7.43. The van der Waals surface area contributed by atoms with Gasteiger partial charge in [0.25, 0.3) is 0 Å². The number of hydrogen-bond donors (Lipinski definition) is 0. The molecular weight excluding hydrogens is 705 g/mol. The first-order valence-corrected chi connectivity index (χ1v) is 20.0. The first-order chi connectivity index (χ1) is 28.5. The van der Waals surface area contributed by atoms with Crippen LogP contribution in [0.5, 0.6) is 0 Å². The van der Waals surface area contributed by atoms with Crippen molar-refractivity contribution >= 4 is 54.1 Å². The van der Waals surface area contributed by atoms with Gasteiger partial charge in [-0.15, -0.1) is 0 Å². The second kappa shape index (κ2) is 12.3. The lowest BCUT2D eigenvalue weighted by Crippen LogP contribution is -2.15. The summed E-state index contributed by atoms with van der Waals surface area (Å²) in [5, 5.41) is 10.3. The van der Waals surface area contributed by atoms with E-state index in [1.807, 2.05) is 60.7 Å². The Morgan fingerprint density at radius 3 is 1.55 bits per heavy atom. The highest BCUT2D eigenvalue weighted by Gasteiger charge is 2.38. The Morgan fingerprint density at radius 2 is 0.897 bits per heavy atom. The third kappa shape index (κ3) is 4.72. The molecular formula is C54H36N4. The van der Waals surface area contributed by atoms with Gasteiger partial charge in [0.05, 0.1) is 11.0 Å². The van der Waals surface area contributed by atoms with Crippen molar-refractivity contribution in [2.24, 2.45) is 0 Å². The molecule has 0 N–H and O–H groups in total. The zero-order valence-corrected chi connectivity index (χ0v) is 32.1. The zero-order valence-electron chi connectivity index (χ0n) is 32.1. The Balaban J connectivity index is 1.10. The average molecular weight is 741 g/mol. The van der Waals surface area contributed by atoms with Gasteiger partial charge in [0.2, 0.25) is 0 Å². The Kier molecular flexibility index (Phi) is 6.94. The van der Waals surface area contributed by atoms with Crippen LogP contribution in [0.25, 0.3) is 105 Å². The summed E-state index contributed by atoms with van der Waals surface area (Å²) in [7, 11) is 0. The third-order valence-electron chi connectivity index (χ3n) is 12.4. The van der Waals surface area contributed by atoms with Crippen LogP contribution >= 0.6 is 0 Å². The fourth-order valence-corrected chi connectivity index (χ4v) is 9.68. The number of benzene rings is 9. The number of nitrogens with zero attached hydrogens (tertiary/aromatic N) is 4. The number of aromatic nitrogens is 4. The highest BCUT2D eigenvalue weighted by atomic mass is 15.0. The molecule has 4 heteroatoms. The molecule has 0 amide bonds. The first kappa shape index (κ1) is 32.8. The zero-order chi connectivity index (χ0) is 38.5. The molecule has 1 aliphatic carbocycles. The minimum absolute atomic E-state index is 0.213. The maximum Gasteiger partial charge on any atom is 0.164 e. The second-order valence-corrected chi connectivity index (χ2v) is 16.0. The summed E-state index contributed by atoms with van der Waals surface area (Å²) in [5.41, 5.74) is 11.4. The second-order valence-electron chi connectivity index (χ2n) is 16.0. The average Bonchev–Trinajstić information content (AvgIpc) is 3.73. The largest absolute Gasteiger partial charge is 0.309 e. The van der Waals surface area contributed by atoms with Crippen molar-refractivity contribution in [2.45, 2.75) is 19.3 Å². The van der Waals surface area contributed by atoms with E-state index in [1.54, 1.807) is 0 Å². The van der Waals surface area contributed by atoms with E-state index in [1.165, 1.54) is 70.9 Å². The summed E-state index contributed by atoms with van der Waals surface area (Å²) in [6.07, 6.45) is 0. The standard InChI is InChI=1S/C54H36N4/c1-54(2)45-29-28-42-39-24-10-9-22-37(39)38-23-11-12-26-41(38)49(42)50(45)44-31-43-40-25-13-14-27-47(40)58(48(43)32-46(44)54)36-21-15-20-35(30-36)53-56-51(33-16-5-3-6-17-33)55-52(57-53)34-18-7-4-8-19-34/h3-32H,1-2H3. The van der Waals surface area contributed by atoms with Crippen LogP contribution in [0.2, 0.25) is 0 Å². The highest BCUT2D eigenvalue weighted by Crippen LogP contribution is 2.55. The topological polar surface area (TPSA) is 43.6 Å². The van der Waals surface area contributed by atoms with Gasteiger partial charge >= 0.3 is 0 Å². The van der Waals surface area contributed by atoms with Crippen molar-refractivity contribution < 1.29 is 0 Å². The highest BCUT2D eigenvalue weighted by molar-refractivity contribution is 6.29. The molecule has 58 heavy (non-hydrogen) atoms. The van der Waals surface area contributed by atoms with Gasteiger partial charge in [-0.25, -0.2) is 15.0 Å². The van der Waals surface area contributed by atoms with E-state index < -0.39 is 0 Å². The SMILES string of the molecule is CC1(C)c2cc3c(cc2-c2c1ccc1c4ccccc4c4ccccc4c21)c1ccccc1n3-c1cccc(-c2nc(-c3ccccc3)nc(-c3ccccc3)n2)c1. The van der Waals surface area contributed by atoms with Gasteiger partial charge in [-0.2, -0.15) is 0 Å². The number of fused-ring (bicyclic) bond motifs is 13. The van der Waals surface area contributed by atoms with Crippen molar-refractivity contribution in [3.05, 3.63) is 193 Å². The van der Waals surface area contributed by atoms with Crippen LogP contribution < -0.4 is 0 Å². The van der Waals surface area contributed by atoms with Gasteiger partial charge in [-0.1, -0.05) is 166 Å². The van der Waals surface area contributed by atoms with Gasteiger partial charge < -0.3 is 4.57 Å². The van der Waals surface area contributed by atoms with Crippen LogP contribution in [0.1, 0.15) is 25.0 Å². The molecule has 0 spiro atoms. The molecule has 0 radical (unpaired) electrons. The molecule has 2 heterocycles. The molecule has 0 saturated carbocycles.